The van der Waals surface area contributed by atoms with Gasteiger partial charge in [0.25, 0.3) is 0 Å². The van der Waals surface area contributed by atoms with Crippen molar-refractivity contribution in [1.82, 2.24) is 24.3 Å². The Morgan fingerprint density at radius 1 is 1.09 bits per heavy atom. The highest BCUT2D eigenvalue weighted by Crippen LogP contribution is 2.36. The fourth-order valence-electron chi connectivity index (χ4n) is 4.28. The molecule has 33 heavy (non-hydrogen) atoms. The number of fused-ring (bicyclic) bond motifs is 1. The molecule has 0 spiro atoms. The molecule has 0 N–H and O–H groups in total. The van der Waals surface area contributed by atoms with E-state index in [1.54, 1.807) is 25.6 Å². The lowest BCUT2D eigenvalue weighted by Gasteiger charge is -2.22. The van der Waals surface area contributed by atoms with Gasteiger partial charge in [-0.1, -0.05) is 12.1 Å². The van der Waals surface area contributed by atoms with Gasteiger partial charge in [-0.25, -0.2) is 14.6 Å². The van der Waals surface area contributed by atoms with Gasteiger partial charge in [-0.05, 0) is 55.7 Å². The molecular weight excluding hydrogens is 431 g/mol. The predicted octanol–water partition coefficient (Wildman–Crippen LogP) is 5.39. The van der Waals surface area contributed by atoms with Crippen LogP contribution in [0.15, 0.2) is 55.0 Å². The molecule has 3 heterocycles. The molecule has 0 aliphatic carbocycles. The molecule has 0 saturated carbocycles. The van der Waals surface area contributed by atoms with Crippen molar-refractivity contribution in [3.63, 3.8) is 0 Å². The van der Waals surface area contributed by atoms with Gasteiger partial charge in [0.1, 0.15) is 11.6 Å². The molecule has 0 fully saturated rings. The van der Waals surface area contributed by atoms with Crippen LogP contribution in [-0.4, -0.2) is 31.4 Å². The zero-order valence-electron chi connectivity index (χ0n) is 18.2. The highest BCUT2D eigenvalue weighted by atomic mass is 19.4. The molecule has 1 unspecified atom stereocenters. The Morgan fingerprint density at radius 2 is 1.88 bits per heavy atom. The van der Waals surface area contributed by atoms with E-state index in [0.29, 0.717) is 11.6 Å². The summed E-state index contributed by atoms with van der Waals surface area (Å²) >= 11 is 0. The second-order valence-electron chi connectivity index (χ2n) is 8.14. The van der Waals surface area contributed by atoms with Crippen molar-refractivity contribution in [2.45, 2.75) is 38.4 Å². The molecule has 9 heteroatoms. The summed E-state index contributed by atoms with van der Waals surface area (Å²) in [7, 11) is 1.61. The van der Waals surface area contributed by atoms with Crippen LogP contribution < -0.4 is 4.74 Å². The number of ether oxygens (including phenoxy) is 1. The summed E-state index contributed by atoms with van der Waals surface area (Å²) in [5, 5.41) is 4.69. The molecule has 0 amide bonds. The molecule has 1 aliphatic rings. The van der Waals surface area contributed by atoms with Crippen molar-refractivity contribution >= 4 is 0 Å². The molecule has 170 valence electrons. The quantitative estimate of drug-likeness (QED) is 0.416. The first-order chi connectivity index (χ1) is 15.8. The molecule has 0 bridgehead atoms. The topological polar surface area (TPSA) is 57.8 Å². The number of benzene rings is 2. The minimum absolute atomic E-state index is 0.0997. The van der Waals surface area contributed by atoms with E-state index in [-0.39, 0.29) is 5.92 Å². The molecule has 4 aromatic rings. The number of methoxy groups -OCH3 is 1. The Morgan fingerprint density at radius 3 is 2.55 bits per heavy atom. The molecule has 0 radical (unpaired) electrons. The molecule has 1 aliphatic heterocycles. The summed E-state index contributed by atoms with van der Waals surface area (Å²) in [6.07, 6.45) is 0.989. The highest BCUT2D eigenvalue weighted by molar-refractivity contribution is 5.63. The van der Waals surface area contributed by atoms with Crippen LogP contribution in [-0.2, 0) is 12.7 Å². The van der Waals surface area contributed by atoms with Gasteiger partial charge in [0, 0.05) is 24.2 Å². The number of alkyl halides is 3. The molecule has 1 atom stereocenters. The first-order valence-corrected chi connectivity index (χ1v) is 10.6. The third-order valence-corrected chi connectivity index (χ3v) is 5.94. The van der Waals surface area contributed by atoms with E-state index in [0.717, 1.165) is 59.9 Å². The third kappa shape index (κ3) is 3.99. The fourth-order valence-corrected chi connectivity index (χ4v) is 4.28. The average Bonchev–Trinajstić information content (AvgIpc) is 3.44. The van der Waals surface area contributed by atoms with E-state index in [9.17, 15) is 13.2 Å². The van der Waals surface area contributed by atoms with Crippen LogP contribution in [0, 0.1) is 6.92 Å². The number of imidazole rings is 1. The first-order valence-electron chi connectivity index (χ1n) is 10.6. The van der Waals surface area contributed by atoms with E-state index in [1.165, 1.54) is 0 Å². The Balaban J connectivity index is 1.48. The van der Waals surface area contributed by atoms with Crippen molar-refractivity contribution in [3.05, 3.63) is 77.6 Å². The monoisotopic (exact) mass is 453 g/mol. The maximum absolute atomic E-state index is 12.9. The lowest BCUT2D eigenvalue weighted by molar-refractivity contribution is -0.137. The summed E-state index contributed by atoms with van der Waals surface area (Å²) in [5.74, 6) is 1.90. The van der Waals surface area contributed by atoms with Gasteiger partial charge < -0.3 is 9.30 Å². The smallest absolute Gasteiger partial charge is 0.416 e. The van der Waals surface area contributed by atoms with E-state index in [1.807, 2.05) is 40.6 Å². The van der Waals surface area contributed by atoms with E-state index in [4.69, 9.17) is 9.72 Å². The Labute approximate surface area is 188 Å². The number of aryl methyl sites for hydroxylation is 2. The van der Waals surface area contributed by atoms with Crippen LogP contribution in [0.2, 0.25) is 0 Å². The number of aromatic nitrogens is 5. The minimum Gasteiger partial charge on any atom is -0.495 e. The molecule has 2 aromatic heterocycles. The van der Waals surface area contributed by atoms with Crippen molar-refractivity contribution in [2.75, 3.05) is 7.11 Å². The summed E-state index contributed by atoms with van der Waals surface area (Å²) in [6.45, 7) is 2.65. The maximum Gasteiger partial charge on any atom is 0.416 e. The van der Waals surface area contributed by atoms with Crippen molar-refractivity contribution in [1.29, 1.82) is 0 Å². The van der Waals surface area contributed by atoms with Gasteiger partial charge in [0.05, 0.1) is 30.4 Å². The number of nitrogens with zero attached hydrogens (tertiary/aromatic N) is 5. The predicted molar refractivity (Wildman–Crippen MR) is 116 cm³/mol. The van der Waals surface area contributed by atoms with E-state index >= 15 is 0 Å². The molecule has 0 saturated heterocycles. The van der Waals surface area contributed by atoms with Crippen LogP contribution in [0.25, 0.3) is 17.1 Å². The normalized spacial score (nSPS) is 16.0. The van der Waals surface area contributed by atoms with E-state index in [2.05, 4.69) is 10.1 Å². The summed E-state index contributed by atoms with van der Waals surface area (Å²) in [6, 6.07) is 11.1. The largest absolute Gasteiger partial charge is 0.495 e. The maximum atomic E-state index is 12.9. The fraction of sp³-hybridized carbons (Fsp3) is 0.292. The zero-order chi connectivity index (χ0) is 23.2. The standard InChI is InChI=1S/C24H22F3N5O/c1-15-13-31(14-28-15)20-10-7-17(12-21(20)33-2)22-29-23-19(4-3-11-32(23)30-22)16-5-8-18(9-6-16)24(25,26)27/h5-10,12-14,19H,3-4,11H2,1-2H3. The lowest BCUT2D eigenvalue weighted by Crippen LogP contribution is -2.18. The number of hydrogen-bond donors (Lipinski definition) is 0. The van der Waals surface area contributed by atoms with Gasteiger partial charge in [0.2, 0.25) is 0 Å². The van der Waals surface area contributed by atoms with Crippen molar-refractivity contribution in [2.24, 2.45) is 0 Å². The van der Waals surface area contributed by atoms with Crippen LogP contribution in [0.5, 0.6) is 5.75 Å². The molecule has 6 nitrogen and oxygen atoms in total. The lowest BCUT2D eigenvalue weighted by atomic mass is 9.90. The number of halogens is 3. The van der Waals surface area contributed by atoms with Crippen LogP contribution in [0.1, 0.15) is 41.4 Å². The Kier molecular flexibility index (Phi) is 5.19. The summed E-state index contributed by atoms with van der Waals surface area (Å²) in [4.78, 5) is 9.05. The second kappa shape index (κ2) is 8.06. The van der Waals surface area contributed by atoms with Crippen molar-refractivity contribution < 1.29 is 17.9 Å². The van der Waals surface area contributed by atoms with Gasteiger partial charge in [-0.3, -0.25) is 0 Å². The number of rotatable bonds is 4. The zero-order valence-corrected chi connectivity index (χ0v) is 18.2. The van der Waals surface area contributed by atoms with Crippen LogP contribution in [0.3, 0.4) is 0 Å². The summed E-state index contributed by atoms with van der Waals surface area (Å²) in [5.41, 5.74) is 2.73. The second-order valence-corrected chi connectivity index (χ2v) is 8.14. The molecule has 2 aromatic carbocycles. The van der Waals surface area contributed by atoms with Crippen LogP contribution >= 0.6 is 0 Å². The summed E-state index contributed by atoms with van der Waals surface area (Å²) < 4.78 is 48.2. The number of hydrogen-bond acceptors (Lipinski definition) is 4. The third-order valence-electron chi connectivity index (χ3n) is 5.94. The molecule has 5 rings (SSSR count). The highest BCUT2D eigenvalue weighted by Gasteiger charge is 2.31. The van der Waals surface area contributed by atoms with Gasteiger partial charge in [0.15, 0.2) is 5.82 Å². The van der Waals surface area contributed by atoms with E-state index < -0.39 is 11.7 Å². The van der Waals surface area contributed by atoms with Gasteiger partial charge in [-0.15, -0.1) is 0 Å². The van der Waals surface area contributed by atoms with Crippen molar-refractivity contribution in [3.8, 4) is 22.8 Å². The Hall–Kier alpha value is -3.62. The first kappa shape index (κ1) is 21.2. The Bertz CT molecular complexity index is 1290. The minimum atomic E-state index is -4.35. The average molecular weight is 453 g/mol. The SMILES string of the molecule is COc1cc(-c2nc3n(n2)CCCC3c2ccc(C(F)(F)F)cc2)ccc1-n1cnc(C)c1. The van der Waals surface area contributed by atoms with Gasteiger partial charge >= 0.3 is 6.18 Å². The van der Waals surface area contributed by atoms with Gasteiger partial charge in [-0.2, -0.15) is 18.3 Å². The van der Waals surface area contributed by atoms with Crippen LogP contribution in [0.4, 0.5) is 13.2 Å². The molecular formula is C24H22F3N5O.